The van der Waals surface area contributed by atoms with E-state index < -0.39 is 5.76 Å². The number of carbonyl (C=O) groups excluding carboxylic acids is 2. The number of aromatic nitrogens is 1. The van der Waals surface area contributed by atoms with Crippen molar-refractivity contribution in [2.45, 2.75) is 19.8 Å². The molecule has 0 aliphatic heterocycles. The molecule has 1 heterocycles. The van der Waals surface area contributed by atoms with Crippen LogP contribution < -0.4 is 10.7 Å². The Bertz CT molecular complexity index is 683. The third-order valence-corrected chi connectivity index (χ3v) is 2.85. The normalized spacial score (nSPS) is 10.6. The zero-order chi connectivity index (χ0) is 14.0. The first-order chi connectivity index (χ1) is 8.97. The van der Waals surface area contributed by atoms with Gasteiger partial charge in [-0.05, 0) is 25.1 Å². The number of oxazole rings is 1. The van der Waals surface area contributed by atoms with Gasteiger partial charge in [0.05, 0.1) is 5.52 Å². The summed E-state index contributed by atoms with van der Waals surface area (Å²) in [6, 6.07) is 4.97. The van der Waals surface area contributed by atoms with Crippen LogP contribution in [0.4, 0.5) is 5.69 Å². The highest BCUT2D eigenvalue weighted by Crippen LogP contribution is 2.19. The van der Waals surface area contributed by atoms with E-state index in [9.17, 15) is 14.4 Å². The van der Waals surface area contributed by atoms with Gasteiger partial charge in [0.2, 0.25) is 5.91 Å². The molecule has 1 N–H and O–H groups in total. The van der Waals surface area contributed by atoms with Crippen LogP contribution in [0.1, 0.15) is 19.8 Å². The van der Waals surface area contributed by atoms with E-state index >= 15 is 0 Å². The number of amides is 1. The molecule has 0 aliphatic rings. The second kappa shape index (κ2) is 5.09. The number of hydrogen-bond donors (Lipinski definition) is 1. The maximum atomic E-state index is 11.9. The quantitative estimate of drug-likeness (QED) is 0.904. The fraction of sp³-hybridized carbons (Fsp3) is 0.308. The van der Waals surface area contributed by atoms with Crippen molar-refractivity contribution in [3.63, 3.8) is 0 Å². The summed E-state index contributed by atoms with van der Waals surface area (Å²) < 4.78 is 4.88. The van der Waals surface area contributed by atoms with Gasteiger partial charge in [-0.25, -0.2) is 4.79 Å². The lowest BCUT2D eigenvalue weighted by Crippen LogP contribution is -2.26. The lowest BCUT2D eigenvalue weighted by atomic mass is 10.2. The summed E-state index contributed by atoms with van der Waals surface area (Å²) in [5.74, 6) is -0.700. The average Bonchev–Trinajstić information content (AvgIpc) is 2.73. The van der Waals surface area contributed by atoms with Gasteiger partial charge < -0.3 is 14.1 Å². The molecule has 1 aromatic heterocycles. The predicted molar refractivity (Wildman–Crippen MR) is 70.2 cm³/mol. The number of benzene rings is 1. The van der Waals surface area contributed by atoms with Crippen molar-refractivity contribution < 1.29 is 14.0 Å². The van der Waals surface area contributed by atoms with Crippen LogP contribution in [0.15, 0.2) is 27.4 Å². The Morgan fingerprint density at radius 2 is 2.05 bits per heavy atom. The number of nitrogens with one attached hydrogen (secondary N) is 1. The van der Waals surface area contributed by atoms with Crippen LogP contribution in [0.25, 0.3) is 11.1 Å². The minimum absolute atomic E-state index is 0.0173. The van der Waals surface area contributed by atoms with Gasteiger partial charge in [-0.3, -0.25) is 9.78 Å². The van der Waals surface area contributed by atoms with E-state index in [1.807, 2.05) is 0 Å². The SMILES string of the molecule is CC(=O)CCC(=O)N(C)c1ccc2oc(=O)[nH]c2c1. The average molecular weight is 262 g/mol. The molecular formula is C13H14N2O4. The number of fused-ring (bicyclic) bond motifs is 1. The molecule has 0 saturated carbocycles. The monoisotopic (exact) mass is 262 g/mol. The van der Waals surface area contributed by atoms with E-state index in [0.717, 1.165) is 0 Å². The Morgan fingerprint density at radius 3 is 2.74 bits per heavy atom. The van der Waals surface area contributed by atoms with E-state index in [1.54, 1.807) is 25.2 Å². The molecule has 0 unspecified atom stereocenters. The highest BCUT2D eigenvalue weighted by atomic mass is 16.4. The molecule has 2 rings (SSSR count). The molecule has 0 fully saturated rings. The molecule has 6 heteroatoms. The molecule has 0 aliphatic carbocycles. The first kappa shape index (κ1) is 13.1. The third-order valence-electron chi connectivity index (χ3n) is 2.85. The molecular weight excluding hydrogens is 248 g/mol. The third kappa shape index (κ3) is 2.90. The van der Waals surface area contributed by atoms with Gasteiger partial charge in [0, 0.05) is 25.6 Å². The van der Waals surface area contributed by atoms with Gasteiger partial charge in [-0.15, -0.1) is 0 Å². The first-order valence-corrected chi connectivity index (χ1v) is 5.86. The van der Waals surface area contributed by atoms with E-state index in [1.165, 1.54) is 11.8 Å². The summed E-state index contributed by atoms with van der Waals surface area (Å²) in [6.07, 6.45) is 0.403. The highest BCUT2D eigenvalue weighted by Gasteiger charge is 2.13. The van der Waals surface area contributed by atoms with Crippen LogP contribution in [-0.4, -0.2) is 23.7 Å². The molecule has 0 radical (unpaired) electrons. The van der Waals surface area contributed by atoms with E-state index in [-0.39, 0.29) is 24.5 Å². The van der Waals surface area contributed by atoms with Crippen LogP contribution in [0, 0.1) is 0 Å². The predicted octanol–water partition coefficient (Wildman–Crippen LogP) is 1.45. The van der Waals surface area contributed by atoms with Crippen LogP contribution >= 0.6 is 0 Å². The number of carbonyl (C=O) groups is 2. The summed E-state index contributed by atoms with van der Waals surface area (Å²) >= 11 is 0. The Kier molecular flexibility index (Phi) is 3.50. The summed E-state index contributed by atoms with van der Waals surface area (Å²) in [5.41, 5.74) is 1.62. The van der Waals surface area contributed by atoms with Gasteiger partial charge in [0.25, 0.3) is 0 Å². The Morgan fingerprint density at radius 1 is 1.32 bits per heavy atom. The van der Waals surface area contributed by atoms with Crippen molar-refractivity contribution in [2.75, 3.05) is 11.9 Å². The Hall–Kier alpha value is -2.37. The standard InChI is InChI=1S/C13H14N2O4/c1-8(16)3-6-12(17)15(2)9-4-5-11-10(7-9)14-13(18)19-11/h4-5,7H,3,6H2,1-2H3,(H,14,18). The van der Waals surface area contributed by atoms with E-state index in [2.05, 4.69) is 4.98 Å². The summed E-state index contributed by atoms with van der Waals surface area (Å²) in [7, 11) is 1.63. The maximum Gasteiger partial charge on any atom is 0.417 e. The number of aromatic amines is 1. The number of nitrogens with zero attached hydrogens (tertiary/aromatic N) is 1. The van der Waals surface area contributed by atoms with Crippen molar-refractivity contribution in [3.05, 3.63) is 28.7 Å². The van der Waals surface area contributed by atoms with Crippen molar-refractivity contribution in [1.82, 2.24) is 4.98 Å². The number of H-pyrrole nitrogens is 1. The topological polar surface area (TPSA) is 83.4 Å². The molecule has 6 nitrogen and oxygen atoms in total. The molecule has 0 spiro atoms. The molecule has 1 amide bonds. The second-order valence-corrected chi connectivity index (χ2v) is 4.35. The van der Waals surface area contributed by atoms with Crippen LogP contribution in [-0.2, 0) is 9.59 Å². The van der Waals surface area contributed by atoms with Crippen LogP contribution in [0.2, 0.25) is 0 Å². The number of Topliss-reactive ketones (excluding diaryl/α,β-unsaturated/α-hetero) is 1. The Labute approximate surface area is 109 Å². The van der Waals surface area contributed by atoms with Gasteiger partial charge >= 0.3 is 5.76 Å². The Balaban J connectivity index is 2.20. The zero-order valence-corrected chi connectivity index (χ0v) is 10.7. The highest BCUT2D eigenvalue weighted by molar-refractivity contribution is 5.96. The van der Waals surface area contributed by atoms with Crippen molar-refractivity contribution in [2.24, 2.45) is 0 Å². The summed E-state index contributed by atoms with van der Waals surface area (Å²) in [4.78, 5) is 37.8. The van der Waals surface area contributed by atoms with Gasteiger partial charge in [0.1, 0.15) is 5.78 Å². The van der Waals surface area contributed by atoms with Crippen LogP contribution in [0.5, 0.6) is 0 Å². The van der Waals surface area contributed by atoms with E-state index in [0.29, 0.717) is 16.8 Å². The lowest BCUT2D eigenvalue weighted by molar-refractivity contribution is -0.122. The largest absolute Gasteiger partial charge is 0.417 e. The minimum Gasteiger partial charge on any atom is -0.408 e. The van der Waals surface area contributed by atoms with Crippen LogP contribution in [0.3, 0.4) is 0 Å². The van der Waals surface area contributed by atoms with Gasteiger partial charge in [-0.2, -0.15) is 0 Å². The number of anilines is 1. The zero-order valence-electron chi connectivity index (χ0n) is 10.7. The number of hydrogen-bond acceptors (Lipinski definition) is 4. The van der Waals surface area contributed by atoms with Crippen molar-refractivity contribution in [1.29, 1.82) is 0 Å². The first-order valence-electron chi connectivity index (χ1n) is 5.86. The molecule has 19 heavy (non-hydrogen) atoms. The van der Waals surface area contributed by atoms with Crippen molar-refractivity contribution >= 4 is 28.5 Å². The number of rotatable bonds is 4. The van der Waals surface area contributed by atoms with E-state index in [4.69, 9.17) is 4.42 Å². The molecule has 2 aromatic rings. The molecule has 0 atom stereocenters. The molecule has 100 valence electrons. The smallest absolute Gasteiger partial charge is 0.408 e. The summed E-state index contributed by atoms with van der Waals surface area (Å²) in [5, 5.41) is 0. The van der Waals surface area contributed by atoms with Gasteiger partial charge in [-0.1, -0.05) is 0 Å². The second-order valence-electron chi connectivity index (χ2n) is 4.35. The minimum atomic E-state index is -0.530. The molecule has 1 aromatic carbocycles. The van der Waals surface area contributed by atoms with Gasteiger partial charge in [0.15, 0.2) is 5.58 Å². The van der Waals surface area contributed by atoms with Crippen molar-refractivity contribution in [3.8, 4) is 0 Å². The fourth-order valence-electron chi connectivity index (χ4n) is 1.74. The number of ketones is 1. The lowest BCUT2D eigenvalue weighted by Gasteiger charge is -2.16. The fourth-order valence-corrected chi connectivity index (χ4v) is 1.74. The summed E-state index contributed by atoms with van der Waals surface area (Å²) in [6.45, 7) is 1.45. The molecule has 0 bridgehead atoms. The maximum absolute atomic E-state index is 11.9. The molecule has 0 saturated heterocycles.